The summed E-state index contributed by atoms with van der Waals surface area (Å²) in [5.74, 6) is 0.396. The Bertz CT molecular complexity index is 430. The fourth-order valence-corrected chi connectivity index (χ4v) is 3.35. The van der Waals surface area contributed by atoms with E-state index in [4.69, 9.17) is 0 Å². The van der Waals surface area contributed by atoms with Gasteiger partial charge in [0.05, 0.1) is 17.9 Å². The van der Waals surface area contributed by atoms with Gasteiger partial charge in [-0.3, -0.25) is 4.79 Å². The Morgan fingerprint density at radius 3 is 2.53 bits per heavy atom. The summed E-state index contributed by atoms with van der Waals surface area (Å²) in [5.41, 5.74) is -0.364. The van der Waals surface area contributed by atoms with E-state index < -0.39 is 0 Å². The molecule has 1 aromatic rings. The Hall–Kier alpha value is -0.520. The highest BCUT2D eigenvalue weighted by Crippen LogP contribution is 2.29. The molecule has 0 atom stereocenters. The van der Waals surface area contributed by atoms with E-state index in [2.05, 4.69) is 21.2 Å². The standard InChI is InChI=1S/C14H18BrNO2S/c15-11-3-5-12(6-4-11)19-9-13(18)16-14(10-17)7-1-2-8-14/h3-6,17H,1-2,7-10H2,(H,16,18). The van der Waals surface area contributed by atoms with Gasteiger partial charge in [0.15, 0.2) is 0 Å². The lowest BCUT2D eigenvalue weighted by atomic mass is 9.99. The van der Waals surface area contributed by atoms with Crippen LogP contribution in [0.3, 0.4) is 0 Å². The fourth-order valence-electron chi connectivity index (χ4n) is 2.39. The average molecular weight is 344 g/mol. The zero-order valence-electron chi connectivity index (χ0n) is 10.7. The van der Waals surface area contributed by atoms with E-state index in [0.29, 0.717) is 5.75 Å². The van der Waals surface area contributed by atoms with Gasteiger partial charge in [0.2, 0.25) is 5.91 Å². The van der Waals surface area contributed by atoms with Crippen LogP contribution in [-0.4, -0.2) is 28.9 Å². The van der Waals surface area contributed by atoms with E-state index in [-0.39, 0.29) is 18.1 Å². The van der Waals surface area contributed by atoms with Crippen molar-refractivity contribution in [1.29, 1.82) is 0 Å². The molecule has 1 amide bonds. The zero-order valence-corrected chi connectivity index (χ0v) is 13.1. The smallest absolute Gasteiger partial charge is 0.230 e. The number of rotatable bonds is 5. The highest BCUT2D eigenvalue weighted by Gasteiger charge is 2.34. The quantitative estimate of drug-likeness (QED) is 0.808. The summed E-state index contributed by atoms with van der Waals surface area (Å²) in [4.78, 5) is 13.0. The number of benzene rings is 1. The highest BCUT2D eigenvalue weighted by atomic mass is 79.9. The van der Waals surface area contributed by atoms with Crippen molar-refractivity contribution in [1.82, 2.24) is 5.32 Å². The summed E-state index contributed by atoms with van der Waals surface area (Å²) in [7, 11) is 0. The molecule has 0 bridgehead atoms. The second kappa shape index (κ2) is 6.77. The van der Waals surface area contributed by atoms with Crippen LogP contribution < -0.4 is 5.32 Å². The first-order valence-electron chi connectivity index (χ1n) is 6.44. The van der Waals surface area contributed by atoms with Crippen LogP contribution in [-0.2, 0) is 4.79 Å². The first-order valence-corrected chi connectivity index (χ1v) is 8.22. The van der Waals surface area contributed by atoms with Gasteiger partial charge in [-0.15, -0.1) is 11.8 Å². The molecule has 0 aliphatic heterocycles. The summed E-state index contributed by atoms with van der Waals surface area (Å²) >= 11 is 4.90. The molecule has 0 saturated heterocycles. The van der Waals surface area contributed by atoms with Crippen LogP contribution >= 0.6 is 27.7 Å². The first kappa shape index (κ1) is 14.9. The van der Waals surface area contributed by atoms with Crippen molar-refractivity contribution in [2.45, 2.75) is 36.1 Å². The van der Waals surface area contributed by atoms with Gasteiger partial charge in [-0.25, -0.2) is 0 Å². The zero-order chi connectivity index (χ0) is 13.7. The number of aliphatic hydroxyl groups excluding tert-OH is 1. The van der Waals surface area contributed by atoms with Crippen molar-refractivity contribution in [2.24, 2.45) is 0 Å². The van der Waals surface area contributed by atoms with Crippen LogP contribution in [0.5, 0.6) is 0 Å². The van der Waals surface area contributed by atoms with Crippen molar-refractivity contribution in [3.05, 3.63) is 28.7 Å². The van der Waals surface area contributed by atoms with Crippen molar-refractivity contribution >= 4 is 33.6 Å². The maximum absolute atomic E-state index is 12.0. The normalized spacial score (nSPS) is 17.4. The lowest BCUT2D eigenvalue weighted by Crippen LogP contribution is -2.49. The predicted octanol–water partition coefficient (Wildman–Crippen LogP) is 2.96. The number of hydrogen-bond donors (Lipinski definition) is 2. The molecule has 1 aliphatic carbocycles. The third kappa shape index (κ3) is 4.23. The number of carbonyl (C=O) groups is 1. The lowest BCUT2D eigenvalue weighted by Gasteiger charge is -2.27. The third-order valence-corrected chi connectivity index (χ3v) is 4.99. The Labute approximate surface area is 126 Å². The number of halogens is 1. The van der Waals surface area contributed by atoms with Crippen molar-refractivity contribution in [2.75, 3.05) is 12.4 Å². The van der Waals surface area contributed by atoms with Crippen LogP contribution in [0.25, 0.3) is 0 Å². The minimum Gasteiger partial charge on any atom is -0.394 e. The van der Waals surface area contributed by atoms with Gasteiger partial charge in [0.25, 0.3) is 0 Å². The first-order chi connectivity index (χ1) is 9.13. The fraction of sp³-hybridized carbons (Fsp3) is 0.500. The molecule has 3 nitrogen and oxygen atoms in total. The molecular weight excluding hydrogens is 326 g/mol. The van der Waals surface area contributed by atoms with E-state index in [1.165, 1.54) is 11.8 Å². The Morgan fingerprint density at radius 1 is 1.32 bits per heavy atom. The summed E-state index contributed by atoms with van der Waals surface area (Å²) in [6.07, 6.45) is 3.94. The van der Waals surface area contributed by atoms with Crippen LogP contribution in [0, 0.1) is 0 Å². The largest absolute Gasteiger partial charge is 0.394 e. The number of nitrogens with one attached hydrogen (secondary N) is 1. The topological polar surface area (TPSA) is 49.3 Å². The SMILES string of the molecule is O=C(CSc1ccc(Br)cc1)NC1(CO)CCCC1. The molecule has 1 fully saturated rings. The van der Waals surface area contributed by atoms with Gasteiger partial charge >= 0.3 is 0 Å². The molecule has 104 valence electrons. The van der Waals surface area contributed by atoms with Crippen molar-refractivity contribution in [3.8, 4) is 0 Å². The average Bonchev–Trinajstić information content (AvgIpc) is 2.87. The molecule has 0 heterocycles. The molecule has 0 radical (unpaired) electrons. The molecule has 2 rings (SSSR count). The summed E-state index contributed by atoms with van der Waals surface area (Å²) < 4.78 is 1.03. The minimum atomic E-state index is -0.364. The molecule has 1 aliphatic rings. The number of amides is 1. The second-order valence-electron chi connectivity index (χ2n) is 4.94. The monoisotopic (exact) mass is 343 g/mol. The number of aliphatic hydroxyl groups is 1. The molecule has 2 N–H and O–H groups in total. The van der Waals surface area contributed by atoms with Crippen LogP contribution in [0.2, 0.25) is 0 Å². The molecule has 0 unspecified atom stereocenters. The van der Waals surface area contributed by atoms with Gasteiger partial charge in [-0.1, -0.05) is 28.8 Å². The predicted molar refractivity (Wildman–Crippen MR) is 81.3 cm³/mol. The van der Waals surface area contributed by atoms with Crippen molar-refractivity contribution in [3.63, 3.8) is 0 Å². The van der Waals surface area contributed by atoms with Crippen LogP contribution in [0.1, 0.15) is 25.7 Å². The molecular formula is C14H18BrNO2S. The molecule has 1 aromatic carbocycles. The van der Waals surface area contributed by atoms with Crippen molar-refractivity contribution < 1.29 is 9.90 Å². The van der Waals surface area contributed by atoms with Gasteiger partial charge < -0.3 is 10.4 Å². The van der Waals surface area contributed by atoms with E-state index in [1.54, 1.807) is 0 Å². The molecule has 0 aromatic heterocycles. The lowest BCUT2D eigenvalue weighted by molar-refractivity contribution is -0.121. The van der Waals surface area contributed by atoms with E-state index in [9.17, 15) is 9.90 Å². The maximum Gasteiger partial charge on any atom is 0.230 e. The highest BCUT2D eigenvalue weighted by molar-refractivity contribution is 9.10. The van der Waals surface area contributed by atoms with E-state index in [0.717, 1.165) is 35.1 Å². The van der Waals surface area contributed by atoms with Gasteiger partial charge in [0.1, 0.15) is 0 Å². The van der Waals surface area contributed by atoms with Crippen LogP contribution in [0.15, 0.2) is 33.6 Å². The summed E-state index contributed by atoms with van der Waals surface area (Å²) in [6.45, 7) is 0.0433. The maximum atomic E-state index is 12.0. The molecule has 19 heavy (non-hydrogen) atoms. The van der Waals surface area contributed by atoms with Gasteiger partial charge in [0, 0.05) is 9.37 Å². The Kier molecular flexibility index (Phi) is 5.30. The number of hydrogen-bond acceptors (Lipinski definition) is 3. The second-order valence-corrected chi connectivity index (χ2v) is 6.90. The number of thioether (sulfide) groups is 1. The van der Waals surface area contributed by atoms with Gasteiger partial charge in [-0.05, 0) is 37.1 Å². The molecule has 5 heteroatoms. The third-order valence-electron chi connectivity index (χ3n) is 3.45. The molecule has 0 spiro atoms. The minimum absolute atomic E-state index is 0.00358. The number of carbonyl (C=O) groups excluding carboxylic acids is 1. The molecule has 1 saturated carbocycles. The van der Waals surface area contributed by atoms with Gasteiger partial charge in [-0.2, -0.15) is 0 Å². The van der Waals surface area contributed by atoms with Crippen LogP contribution in [0.4, 0.5) is 0 Å². The Balaban J connectivity index is 1.82. The summed E-state index contributed by atoms with van der Waals surface area (Å²) in [6, 6.07) is 7.90. The van der Waals surface area contributed by atoms with E-state index in [1.807, 2.05) is 24.3 Å². The van der Waals surface area contributed by atoms with E-state index >= 15 is 0 Å². The summed E-state index contributed by atoms with van der Waals surface area (Å²) in [5, 5.41) is 12.5. The Morgan fingerprint density at radius 2 is 1.95 bits per heavy atom.